The van der Waals surface area contributed by atoms with Crippen LogP contribution in [0.25, 0.3) is 11.1 Å². The molecule has 1 aliphatic carbocycles. The summed E-state index contributed by atoms with van der Waals surface area (Å²) in [6.45, 7) is 2.75. The van der Waals surface area contributed by atoms with Gasteiger partial charge in [0.2, 0.25) is 5.89 Å². The van der Waals surface area contributed by atoms with Gasteiger partial charge in [0.1, 0.15) is 6.61 Å². The Morgan fingerprint density at radius 1 is 1.19 bits per heavy atom. The third kappa shape index (κ3) is 3.81. The smallest absolute Gasteiger partial charge is 0.409 e. The van der Waals surface area contributed by atoms with Crippen molar-refractivity contribution in [1.82, 2.24) is 15.0 Å². The lowest BCUT2D eigenvalue weighted by molar-refractivity contribution is -0.0337. The fraction of sp³-hybridized carbons (Fsp3) is 0.375. The van der Waals surface area contributed by atoms with Gasteiger partial charge in [0.15, 0.2) is 5.82 Å². The van der Waals surface area contributed by atoms with Gasteiger partial charge in [0.25, 0.3) is 0 Å². The lowest BCUT2D eigenvalue weighted by Crippen LogP contribution is -2.51. The number of fused-ring (bicyclic) bond motifs is 3. The number of rotatable bonds is 4. The van der Waals surface area contributed by atoms with Crippen molar-refractivity contribution in [3.63, 3.8) is 0 Å². The minimum absolute atomic E-state index is 0.0152. The Labute approximate surface area is 180 Å². The van der Waals surface area contributed by atoms with Crippen molar-refractivity contribution >= 4 is 6.09 Å². The summed E-state index contributed by atoms with van der Waals surface area (Å²) in [4.78, 5) is 18.6. The number of aromatic nitrogens is 2. The number of amides is 1. The molecule has 1 aliphatic heterocycles. The zero-order valence-corrected chi connectivity index (χ0v) is 17.5. The predicted octanol–water partition coefficient (Wildman–Crippen LogP) is 3.70. The molecule has 0 spiro atoms. The maximum absolute atomic E-state index is 12.9. The van der Waals surface area contributed by atoms with Gasteiger partial charge in [-0.15, -0.1) is 0 Å². The monoisotopic (exact) mass is 419 g/mol. The van der Waals surface area contributed by atoms with E-state index in [0.29, 0.717) is 31.1 Å². The predicted molar refractivity (Wildman–Crippen MR) is 114 cm³/mol. The number of aryl methyl sites for hydroxylation is 1. The summed E-state index contributed by atoms with van der Waals surface area (Å²) < 4.78 is 10.9. The lowest BCUT2D eigenvalue weighted by Gasteiger charge is -2.38. The van der Waals surface area contributed by atoms with E-state index in [1.165, 1.54) is 22.3 Å². The molecule has 0 saturated carbocycles. The molecule has 1 fully saturated rings. The first-order valence-electron chi connectivity index (χ1n) is 10.6. The number of ether oxygens (including phenoxy) is 1. The number of hydrogen-bond acceptors (Lipinski definition) is 6. The van der Waals surface area contributed by atoms with Crippen LogP contribution in [-0.2, 0) is 11.2 Å². The Morgan fingerprint density at radius 2 is 1.87 bits per heavy atom. The normalized spacial score (nSPS) is 20.4. The summed E-state index contributed by atoms with van der Waals surface area (Å²) in [5.74, 6) is 0.929. The van der Waals surface area contributed by atoms with Gasteiger partial charge >= 0.3 is 6.09 Å². The number of carbonyl (C=O) groups excluding carboxylic acids is 1. The Bertz CT molecular complexity index is 1070. The molecule has 1 atom stereocenters. The number of likely N-dealkylation sites (tertiary alicyclic amines) is 1. The molecule has 0 radical (unpaired) electrons. The van der Waals surface area contributed by atoms with E-state index in [4.69, 9.17) is 9.26 Å². The summed E-state index contributed by atoms with van der Waals surface area (Å²) in [7, 11) is 0. The van der Waals surface area contributed by atoms with Gasteiger partial charge in [-0.1, -0.05) is 53.7 Å². The first-order valence-corrected chi connectivity index (χ1v) is 10.6. The molecule has 7 nitrogen and oxygen atoms in total. The Hall–Kier alpha value is -3.19. The van der Waals surface area contributed by atoms with Crippen LogP contribution in [0.4, 0.5) is 4.79 Å². The highest BCUT2D eigenvalue weighted by Gasteiger charge is 2.38. The Morgan fingerprint density at radius 3 is 2.52 bits per heavy atom. The van der Waals surface area contributed by atoms with Crippen molar-refractivity contribution in [2.45, 2.75) is 37.7 Å². The van der Waals surface area contributed by atoms with Gasteiger partial charge in [0.05, 0.1) is 18.6 Å². The summed E-state index contributed by atoms with van der Waals surface area (Å²) in [5, 5.41) is 14.8. The van der Waals surface area contributed by atoms with Gasteiger partial charge in [0, 0.05) is 12.5 Å². The van der Waals surface area contributed by atoms with Crippen molar-refractivity contribution in [3.8, 4) is 11.1 Å². The molecule has 1 unspecified atom stereocenters. The highest BCUT2D eigenvalue weighted by Crippen LogP contribution is 2.44. The van der Waals surface area contributed by atoms with Gasteiger partial charge in [-0.2, -0.15) is 4.98 Å². The number of piperidine rings is 1. The number of nitrogens with zero attached hydrogens (tertiary/aromatic N) is 3. The molecule has 1 aromatic heterocycles. The second kappa shape index (κ2) is 7.81. The van der Waals surface area contributed by atoms with Crippen LogP contribution >= 0.6 is 0 Å². The van der Waals surface area contributed by atoms with E-state index < -0.39 is 11.7 Å². The summed E-state index contributed by atoms with van der Waals surface area (Å²) in [5.41, 5.74) is 3.66. The highest BCUT2D eigenvalue weighted by atomic mass is 16.6. The maximum atomic E-state index is 12.9. The number of hydrogen-bond donors (Lipinski definition) is 1. The molecule has 5 rings (SSSR count). The Balaban J connectivity index is 1.26. The molecule has 1 amide bonds. The van der Waals surface area contributed by atoms with Crippen LogP contribution in [0.15, 0.2) is 53.1 Å². The molecule has 0 bridgehead atoms. The third-order valence-electron chi connectivity index (χ3n) is 6.20. The quantitative estimate of drug-likeness (QED) is 0.694. The molecular formula is C24H25N3O4. The van der Waals surface area contributed by atoms with E-state index in [1.807, 2.05) is 24.3 Å². The lowest BCUT2D eigenvalue weighted by atomic mass is 9.90. The fourth-order valence-corrected chi connectivity index (χ4v) is 4.79. The van der Waals surface area contributed by atoms with E-state index in [-0.39, 0.29) is 25.5 Å². The highest BCUT2D eigenvalue weighted by molar-refractivity contribution is 5.79. The molecular weight excluding hydrogens is 394 g/mol. The summed E-state index contributed by atoms with van der Waals surface area (Å²) in [6, 6.07) is 16.5. The van der Waals surface area contributed by atoms with Crippen molar-refractivity contribution in [1.29, 1.82) is 0 Å². The molecule has 2 aliphatic rings. The van der Waals surface area contributed by atoms with Crippen LogP contribution in [0.5, 0.6) is 0 Å². The van der Waals surface area contributed by atoms with E-state index >= 15 is 0 Å². The molecule has 160 valence electrons. The SMILES string of the molecule is Cc1noc(CC2(O)CCCN(C(=O)OCC3c4ccccc4-c4ccccc43)C2)n1. The largest absolute Gasteiger partial charge is 0.448 e. The van der Waals surface area contributed by atoms with E-state index in [2.05, 4.69) is 34.4 Å². The van der Waals surface area contributed by atoms with Gasteiger partial charge in [-0.3, -0.25) is 0 Å². The van der Waals surface area contributed by atoms with E-state index in [0.717, 1.165) is 0 Å². The molecule has 1 saturated heterocycles. The standard InChI is InChI=1S/C24H25N3O4/c1-16-25-22(31-26-16)13-24(29)11-6-12-27(15-24)23(28)30-14-21-19-9-4-2-7-17(19)18-8-3-5-10-20(18)21/h2-5,7-10,21,29H,6,11-15H2,1H3. The van der Waals surface area contributed by atoms with Crippen LogP contribution in [0.2, 0.25) is 0 Å². The number of carbonyl (C=O) groups is 1. The zero-order valence-electron chi connectivity index (χ0n) is 17.5. The van der Waals surface area contributed by atoms with Crippen LogP contribution in [0.1, 0.15) is 41.6 Å². The summed E-state index contributed by atoms with van der Waals surface area (Å²) >= 11 is 0. The molecule has 3 aromatic rings. The molecule has 7 heteroatoms. The van der Waals surface area contributed by atoms with E-state index in [1.54, 1.807) is 11.8 Å². The number of benzene rings is 2. The van der Waals surface area contributed by atoms with Crippen molar-refractivity contribution < 1.29 is 19.2 Å². The average Bonchev–Trinajstić information content (AvgIpc) is 3.32. The minimum Gasteiger partial charge on any atom is -0.448 e. The molecule has 2 aromatic carbocycles. The molecule has 31 heavy (non-hydrogen) atoms. The molecule has 1 N–H and O–H groups in total. The van der Waals surface area contributed by atoms with Crippen LogP contribution in [0.3, 0.4) is 0 Å². The topological polar surface area (TPSA) is 88.7 Å². The Kier molecular flexibility index (Phi) is 4.98. The van der Waals surface area contributed by atoms with Crippen LogP contribution in [-0.4, -0.2) is 51.5 Å². The van der Waals surface area contributed by atoms with Crippen LogP contribution in [0, 0.1) is 6.92 Å². The zero-order chi connectivity index (χ0) is 21.4. The van der Waals surface area contributed by atoms with Gasteiger partial charge in [-0.05, 0) is 42.0 Å². The second-order valence-corrected chi connectivity index (χ2v) is 8.47. The van der Waals surface area contributed by atoms with Crippen molar-refractivity contribution in [2.24, 2.45) is 0 Å². The molecule has 2 heterocycles. The second-order valence-electron chi connectivity index (χ2n) is 8.47. The third-order valence-corrected chi connectivity index (χ3v) is 6.20. The first-order chi connectivity index (χ1) is 15.0. The average molecular weight is 419 g/mol. The van der Waals surface area contributed by atoms with Crippen molar-refractivity contribution in [2.75, 3.05) is 19.7 Å². The van der Waals surface area contributed by atoms with E-state index in [9.17, 15) is 9.90 Å². The number of aliphatic hydroxyl groups is 1. The van der Waals surface area contributed by atoms with Gasteiger partial charge < -0.3 is 19.3 Å². The van der Waals surface area contributed by atoms with Crippen molar-refractivity contribution in [3.05, 3.63) is 71.4 Å². The summed E-state index contributed by atoms with van der Waals surface area (Å²) in [6.07, 6.45) is 1.08. The first kappa shape index (κ1) is 19.8. The van der Waals surface area contributed by atoms with Crippen LogP contribution < -0.4 is 0 Å². The maximum Gasteiger partial charge on any atom is 0.409 e. The van der Waals surface area contributed by atoms with Gasteiger partial charge in [-0.25, -0.2) is 4.79 Å². The minimum atomic E-state index is -1.09. The fourth-order valence-electron chi connectivity index (χ4n) is 4.79. The number of β-amino-alcohol motifs (C(OH)–C–C–N with tert-alkyl or cyclic N) is 1.